The standard InChI is InChI=1S/C19H17Cl2FN2O3/c1-26-15-6-9(4-5-23-15)16-17(14-8-13(22)18(16)27-14)19(25)24-10-2-3-11(20)12(21)7-10/h2-7,13-14,16-18H,8H2,1H3,(H,24,25)/t13-,14-,16-,17-,18+/m1/s1. The molecule has 1 aromatic heterocycles. The Balaban J connectivity index is 1.62. The van der Waals surface area contributed by atoms with Crippen LogP contribution in [0.2, 0.25) is 10.0 Å². The van der Waals surface area contributed by atoms with Crippen LogP contribution in [0, 0.1) is 5.92 Å². The van der Waals surface area contributed by atoms with Gasteiger partial charge in [-0.15, -0.1) is 0 Å². The van der Waals surface area contributed by atoms with Gasteiger partial charge in [0.2, 0.25) is 11.8 Å². The van der Waals surface area contributed by atoms with Gasteiger partial charge in [0, 0.05) is 30.3 Å². The first-order valence-electron chi connectivity index (χ1n) is 8.53. The summed E-state index contributed by atoms with van der Waals surface area (Å²) in [6.07, 6.45) is -0.443. The highest BCUT2D eigenvalue weighted by Crippen LogP contribution is 2.50. The van der Waals surface area contributed by atoms with Crippen LogP contribution in [0.5, 0.6) is 5.88 Å². The molecule has 0 radical (unpaired) electrons. The molecule has 8 heteroatoms. The molecule has 1 N–H and O–H groups in total. The van der Waals surface area contributed by atoms with Gasteiger partial charge in [-0.1, -0.05) is 23.2 Å². The zero-order valence-electron chi connectivity index (χ0n) is 14.4. The van der Waals surface area contributed by atoms with Crippen molar-refractivity contribution in [1.29, 1.82) is 0 Å². The van der Waals surface area contributed by atoms with Crippen LogP contribution in [0.25, 0.3) is 0 Å². The first-order chi connectivity index (χ1) is 13.0. The molecule has 0 aliphatic carbocycles. The molecule has 2 saturated heterocycles. The van der Waals surface area contributed by atoms with Crippen molar-refractivity contribution in [1.82, 2.24) is 4.98 Å². The first-order valence-corrected chi connectivity index (χ1v) is 9.29. The Morgan fingerprint density at radius 2 is 2.11 bits per heavy atom. The van der Waals surface area contributed by atoms with Gasteiger partial charge in [0.25, 0.3) is 0 Å². The Morgan fingerprint density at radius 1 is 1.30 bits per heavy atom. The fraction of sp³-hybridized carbons (Fsp3) is 0.368. The van der Waals surface area contributed by atoms with Gasteiger partial charge in [-0.25, -0.2) is 9.37 Å². The van der Waals surface area contributed by atoms with Crippen molar-refractivity contribution >= 4 is 34.8 Å². The summed E-state index contributed by atoms with van der Waals surface area (Å²) in [5.74, 6) is -0.773. The summed E-state index contributed by atoms with van der Waals surface area (Å²) in [5.41, 5.74) is 1.30. The minimum absolute atomic E-state index is 0.211. The number of nitrogens with one attached hydrogen (secondary N) is 1. The van der Waals surface area contributed by atoms with Gasteiger partial charge in [-0.3, -0.25) is 4.79 Å². The molecule has 27 heavy (non-hydrogen) atoms. The second-order valence-corrected chi connectivity index (χ2v) is 7.51. The van der Waals surface area contributed by atoms with Gasteiger partial charge in [0.1, 0.15) is 6.17 Å². The smallest absolute Gasteiger partial charge is 0.230 e. The SMILES string of the molecule is COc1cc([C@H]2[C@H]3O[C@H](C[C@H]3F)[C@H]2C(=O)Nc2ccc(Cl)c(Cl)c2)ccn1. The van der Waals surface area contributed by atoms with E-state index in [1.54, 1.807) is 36.5 Å². The molecular formula is C19H17Cl2FN2O3. The number of ether oxygens (including phenoxy) is 2. The molecule has 2 aliphatic rings. The third kappa shape index (κ3) is 3.37. The number of rotatable bonds is 4. The summed E-state index contributed by atoms with van der Waals surface area (Å²) in [4.78, 5) is 17.1. The molecule has 2 aliphatic heterocycles. The van der Waals surface area contributed by atoms with E-state index in [0.29, 0.717) is 21.6 Å². The van der Waals surface area contributed by atoms with E-state index in [4.69, 9.17) is 32.7 Å². The number of carbonyl (C=O) groups is 1. The molecule has 0 spiro atoms. The van der Waals surface area contributed by atoms with Gasteiger partial charge >= 0.3 is 0 Å². The summed E-state index contributed by atoms with van der Waals surface area (Å²) >= 11 is 11.9. The summed E-state index contributed by atoms with van der Waals surface area (Å²) in [5, 5.41) is 3.60. The van der Waals surface area contributed by atoms with Crippen molar-refractivity contribution in [2.45, 2.75) is 30.7 Å². The number of alkyl halides is 1. The van der Waals surface area contributed by atoms with Gasteiger partial charge in [-0.05, 0) is 29.8 Å². The lowest BCUT2D eigenvalue weighted by molar-refractivity contribution is -0.121. The molecule has 3 heterocycles. The van der Waals surface area contributed by atoms with E-state index in [0.717, 1.165) is 5.56 Å². The molecule has 0 saturated carbocycles. The Kier molecular flexibility index (Phi) is 4.97. The van der Waals surface area contributed by atoms with E-state index in [9.17, 15) is 9.18 Å². The minimum atomic E-state index is -1.10. The highest BCUT2D eigenvalue weighted by Gasteiger charge is 2.57. The molecule has 2 aromatic rings. The maximum atomic E-state index is 14.4. The number of methoxy groups -OCH3 is 1. The molecule has 0 unspecified atom stereocenters. The van der Waals surface area contributed by atoms with Crippen LogP contribution < -0.4 is 10.1 Å². The Labute approximate surface area is 165 Å². The summed E-state index contributed by atoms with van der Waals surface area (Å²) in [6.45, 7) is 0. The van der Waals surface area contributed by atoms with Crippen molar-refractivity contribution in [3.8, 4) is 5.88 Å². The van der Waals surface area contributed by atoms with Crippen LogP contribution in [0.4, 0.5) is 10.1 Å². The quantitative estimate of drug-likeness (QED) is 0.818. The Bertz CT molecular complexity index is 882. The third-order valence-electron chi connectivity index (χ3n) is 5.13. The number of nitrogens with zero attached hydrogens (tertiary/aromatic N) is 1. The molecule has 2 fully saturated rings. The number of benzene rings is 1. The van der Waals surface area contributed by atoms with Crippen molar-refractivity contribution < 1.29 is 18.7 Å². The normalized spacial score (nSPS) is 29.0. The molecule has 5 nitrogen and oxygen atoms in total. The fourth-order valence-corrected chi connectivity index (χ4v) is 4.25. The second-order valence-electron chi connectivity index (χ2n) is 6.69. The molecule has 142 valence electrons. The predicted octanol–water partition coefficient (Wildman–Crippen LogP) is 4.24. The minimum Gasteiger partial charge on any atom is -0.481 e. The van der Waals surface area contributed by atoms with Crippen molar-refractivity contribution in [3.63, 3.8) is 0 Å². The number of anilines is 1. The molecule has 4 rings (SSSR count). The van der Waals surface area contributed by atoms with Crippen LogP contribution in [-0.2, 0) is 9.53 Å². The zero-order valence-corrected chi connectivity index (χ0v) is 15.9. The van der Waals surface area contributed by atoms with Gasteiger partial charge < -0.3 is 14.8 Å². The second kappa shape index (κ2) is 7.26. The number of hydrogen-bond donors (Lipinski definition) is 1. The summed E-state index contributed by atoms with van der Waals surface area (Å²) in [7, 11) is 1.51. The number of pyridine rings is 1. The van der Waals surface area contributed by atoms with Crippen molar-refractivity contribution in [3.05, 3.63) is 52.1 Å². The molecule has 1 aromatic carbocycles. The fourth-order valence-electron chi connectivity index (χ4n) is 3.95. The van der Waals surface area contributed by atoms with Crippen molar-refractivity contribution in [2.24, 2.45) is 5.92 Å². The highest BCUT2D eigenvalue weighted by atomic mass is 35.5. The highest BCUT2D eigenvalue weighted by molar-refractivity contribution is 6.42. The number of fused-ring (bicyclic) bond motifs is 2. The first kappa shape index (κ1) is 18.5. The Morgan fingerprint density at radius 3 is 2.85 bits per heavy atom. The maximum absolute atomic E-state index is 14.4. The molecule has 1 amide bonds. The van der Waals surface area contributed by atoms with E-state index in [-0.39, 0.29) is 12.3 Å². The largest absolute Gasteiger partial charge is 0.481 e. The van der Waals surface area contributed by atoms with Crippen LogP contribution >= 0.6 is 23.2 Å². The number of amides is 1. The van der Waals surface area contributed by atoms with E-state index >= 15 is 0 Å². The van der Waals surface area contributed by atoms with Crippen LogP contribution in [0.3, 0.4) is 0 Å². The Hall–Kier alpha value is -1.89. The van der Waals surface area contributed by atoms with Gasteiger partial charge in [0.15, 0.2) is 0 Å². The number of hydrogen-bond acceptors (Lipinski definition) is 4. The monoisotopic (exact) mass is 410 g/mol. The summed E-state index contributed by atoms with van der Waals surface area (Å²) < 4.78 is 25.3. The molecular weight excluding hydrogens is 394 g/mol. The molecule has 5 atom stereocenters. The third-order valence-corrected chi connectivity index (χ3v) is 5.87. The van der Waals surface area contributed by atoms with Crippen molar-refractivity contribution in [2.75, 3.05) is 12.4 Å². The van der Waals surface area contributed by atoms with E-state index in [2.05, 4.69) is 10.3 Å². The van der Waals surface area contributed by atoms with Gasteiger partial charge in [0.05, 0.1) is 35.3 Å². The number of carbonyl (C=O) groups excluding carboxylic acids is 1. The average Bonchev–Trinajstić information content (AvgIpc) is 3.21. The van der Waals surface area contributed by atoms with E-state index in [1.165, 1.54) is 7.11 Å². The van der Waals surface area contributed by atoms with Gasteiger partial charge in [-0.2, -0.15) is 0 Å². The van der Waals surface area contributed by atoms with Crippen LogP contribution in [0.1, 0.15) is 17.9 Å². The van der Waals surface area contributed by atoms with E-state index in [1.807, 2.05) is 0 Å². The van der Waals surface area contributed by atoms with Crippen LogP contribution in [0.15, 0.2) is 36.5 Å². The molecule has 2 bridgehead atoms. The average molecular weight is 411 g/mol. The zero-order chi connectivity index (χ0) is 19.1. The lowest BCUT2D eigenvalue weighted by Crippen LogP contribution is -2.39. The summed E-state index contributed by atoms with van der Waals surface area (Å²) in [6, 6.07) is 8.35. The van der Waals surface area contributed by atoms with E-state index < -0.39 is 30.2 Å². The number of aromatic nitrogens is 1. The predicted molar refractivity (Wildman–Crippen MR) is 100 cm³/mol. The maximum Gasteiger partial charge on any atom is 0.230 e. The topological polar surface area (TPSA) is 60.5 Å². The number of halogens is 3. The lowest BCUT2D eigenvalue weighted by Gasteiger charge is -2.29. The lowest BCUT2D eigenvalue weighted by atomic mass is 9.74. The van der Waals surface area contributed by atoms with Crippen LogP contribution in [-0.4, -0.2) is 36.4 Å².